The zero-order chi connectivity index (χ0) is 10.4. The van der Waals surface area contributed by atoms with Crippen molar-refractivity contribution in [3.8, 4) is 0 Å². The molecule has 1 radical (unpaired) electrons. The largest absolute Gasteiger partial charge is 0.372 e. The summed E-state index contributed by atoms with van der Waals surface area (Å²) in [5, 5.41) is 0. The van der Waals surface area contributed by atoms with Crippen molar-refractivity contribution in [1.82, 2.24) is 0 Å². The van der Waals surface area contributed by atoms with Gasteiger partial charge in [-0.25, -0.2) is 0 Å². The smallest absolute Gasteiger partial charge is 0.0378 e. The first-order valence-electron chi connectivity index (χ1n) is 5.30. The van der Waals surface area contributed by atoms with Crippen LogP contribution in [0.5, 0.6) is 0 Å². The van der Waals surface area contributed by atoms with Crippen LogP contribution in [0, 0.1) is 0 Å². The van der Waals surface area contributed by atoms with E-state index in [1.165, 1.54) is 18.5 Å². The van der Waals surface area contributed by atoms with Crippen LogP contribution >= 0.6 is 12.6 Å². The maximum atomic E-state index is 5.07. The van der Waals surface area contributed by atoms with Gasteiger partial charge >= 0.3 is 0 Å². The first-order chi connectivity index (χ1) is 6.77. The van der Waals surface area contributed by atoms with Gasteiger partial charge in [-0.2, -0.15) is 0 Å². The fraction of sp³-hybridized carbons (Fsp3) is 0.500. The Balaban J connectivity index is 2.71. The molecule has 0 fully saturated rings. The lowest BCUT2D eigenvalue weighted by Crippen LogP contribution is -2.24. The van der Waals surface area contributed by atoms with Crippen LogP contribution in [-0.2, 0) is 0 Å². The van der Waals surface area contributed by atoms with Crippen LogP contribution < -0.4 is 4.90 Å². The van der Waals surface area contributed by atoms with E-state index >= 15 is 0 Å². The van der Waals surface area contributed by atoms with Gasteiger partial charge in [0.2, 0.25) is 0 Å². The molecule has 0 bridgehead atoms. The van der Waals surface area contributed by atoms with Crippen molar-refractivity contribution in [3.63, 3.8) is 0 Å². The standard InChI is InChI=1S/C12H18NS/c1-3-9-13(10-4-2)11-5-7-12(14)8-6-11/h5-8H,3-4,9-10H2,1-2H3. The zero-order valence-corrected chi connectivity index (χ0v) is 9.81. The third-order valence-electron chi connectivity index (χ3n) is 2.19. The zero-order valence-electron chi connectivity index (χ0n) is 8.99. The van der Waals surface area contributed by atoms with Gasteiger partial charge in [0.25, 0.3) is 0 Å². The molecule has 1 aromatic carbocycles. The third-order valence-corrected chi connectivity index (χ3v) is 2.46. The predicted molar refractivity (Wildman–Crippen MR) is 65.1 cm³/mol. The van der Waals surface area contributed by atoms with Crippen LogP contribution in [0.1, 0.15) is 26.7 Å². The molecule has 14 heavy (non-hydrogen) atoms. The molecule has 0 unspecified atom stereocenters. The molecule has 0 aliphatic carbocycles. The first-order valence-corrected chi connectivity index (χ1v) is 5.70. The first kappa shape index (κ1) is 11.3. The molecular formula is C12H18NS. The van der Waals surface area contributed by atoms with Gasteiger partial charge in [-0.05, 0) is 37.1 Å². The number of hydrogen-bond acceptors (Lipinski definition) is 1. The quantitative estimate of drug-likeness (QED) is 0.710. The second-order valence-electron chi connectivity index (χ2n) is 3.48. The minimum absolute atomic E-state index is 0.918. The lowest BCUT2D eigenvalue weighted by molar-refractivity contribution is 0.744. The SMILES string of the molecule is CCCN(CCC)c1ccc([S])cc1. The molecule has 1 rings (SSSR count). The Kier molecular flexibility index (Phi) is 4.74. The molecule has 0 heterocycles. The van der Waals surface area contributed by atoms with Crippen molar-refractivity contribution < 1.29 is 0 Å². The van der Waals surface area contributed by atoms with Gasteiger partial charge in [-0.1, -0.05) is 26.5 Å². The maximum absolute atomic E-state index is 5.07. The van der Waals surface area contributed by atoms with Gasteiger partial charge in [0, 0.05) is 23.7 Å². The van der Waals surface area contributed by atoms with Crippen molar-refractivity contribution >= 4 is 18.3 Å². The summed E-state index contributed by atoms with van der Waals surface area (Å²) in [6.45, 7) is 6.68. The van der Waals surface area contributed by atoms with E-state index in [1.807, 2.05) is 12.1 Å². The molecule has 1 aromatic rings. The van der Waals surface area contributed by atoms with Crippen LogP contribution in [0.4, 0.5) is 5.69 Å². The van der Waals surface area contributed by atoms with Gasteiger partial charge in [0.15, 0.2) is 0 Å². The highest BCUT2D eigenvalue weighted by Crippen LogP contribution is 2.17. The van der Waals surface area contributed by atoms with E-state index in [2.05, 4.69) is 30.9 Å². The molecular weight excluding hydrogens is 190 g/mol. The van der Waals surface area contributed by atoms with E-state index < -0.39 is 0 Å². The number of benzene rings is 1. The maximum Gasteiger partial charge on any atom is 0.0378 e. The highest BCUT2D eigenvalue weighted by atomic mass is 32.1. The summed E-state index contributed by atoms with van der Waals surface area (Å²) >= 11 is 5.07. The average Bonchev–Trinajstić information content (AvgIpc) is 2.19. The van der Waals surface area contributed by atoms with Crippen molar-refractivity contribution in [2.75, 3.05) is 18.0 Å². The number of hydrogen-bond donors (Lipinski definition) is 0. The minimum Gasteiger partial charge on any atom is -0.372 e. The van der Waals surface area contributed by atoms with Gasteiger partial charge in [0.05, 0.1) is 0 Å². The Bertz CT molecular complexity index is 250. The summed E-state index contributed by atoms with van der Waals surface area (Å²) < 4.78 is 0. The Morgan fingerprint density at radius 2 is 1.50 bits per heavy atom. The molecule has 2 heteroatoms. The summed E-state index contributed by atoms with van der Waals surface area (Å²) in [5.41, 5.74) is 1.29. The minimum atomic E-state index is 0.918. The van der Waals surface area contributed by atoms with Crippen molar-refractivity contribution in [3.05, 3.63) is 24.3 Å². The molecule has 0 aliphatic rings. The molecule has 77 valence electrons. The number of anilines is 1. The normalized spacial score (nSPS) is 10.1. The van der Waals surface area contributed by atoms with Crippen LogP contribution in [0.2, 0.25) is 0 Å². The molecule has 0 atom stereocenters. The number of rotatable bonds is 5. The van der Waals surface area contributed by atoms with Crippen LogP contribution in [0.3, 0.4) is 0 Å². The molecule has 0 amide bonds. The lowest BCUT2D eigenvalue weighted by Gasteiger charge is -2.23. The fourth-order valence-corrected chi connectivity index (χ4v) is 1.70. The summed E-state index contributed by atoms with van der Waals surface area (Å²) in [5.74, 6) is 0. The van der Waals surface area contributed by atoms with Crippen LogP contribution in [0.25, 0.3) is 0 Å². The monoisotopic (exact) mass is 208 g/mol. The molecule has 0 aromatic heterocycles. The second kappa shape index (κ2) is 5.86. The summed E-state index contributed by atoms with van der Waals surface area (Å²) in [6, 6.07) is 8.24. The molecule has 0 aliphatic heterocycles. The fourth-order valence-electron chi connectivity index (χ4n) is 1.57. The molecule has 0 spiro atoms. The highest BCUT2D eigenvalue weighted by Gasteiger charge is 2.03. The topological polar surface area (TPSA) is 3.24 Å². The number of nitrogens with zero attached hydrogens (tertiary/aromatic N) is 1. The summed E-state index contributed by atoms with van der Waals surface area (Å²) in [6.07, 6.45) is 2.38. The van der Waals surface area contributed by atoms with E-state index in [0.29, 0.717) is 0 Å². The van der Waals surface area contributed by atoms with Crippen LogP contribution in [-0.4, -0.2) is 13.1 Å². The predicted octanol–water partition coefficient (Wildman–Crippen LogP) is 3.87. The van der Waals surface area contributed by atoms with Crippen molar-refractivity contribution in [2.24, 2.45) is 0 Å². The Hall–Kier alpha value is -0.760. The van der Waals surface area contributed by atoms with Gasteiger partial charge < -0.3 is 4.90 Å². The van der Waals surface area contributed by atoms with Gasteiger partial charge in [0.1, 0.15) is 0 Å². The Labute approximate surface area is 92.5 Å². The van der Waals surface area contributed by atoms with Crippen molar-refractivity contribution in [2.45, 2.75) is 31.6 Å². The molecule has 0 saturated heterocycles. The van der Waals surface area contributed by atoms with Gasteiger partial charge in [-0.15, -0.1) is 0 Å². The third kappa shape index (κ3) is 3.18. The van der Waals surface area contributed by atoms with Gasteiger partial charge in [-0.3, -0.25) is 0 Å². The van der Waals surface area contributed by atoms with E-state index in [4.69, 9.17) is 12.6 Å². The van der Waals surface area contributed by atoms with Crippen molar-refractivity contribution in [1.29, 1.82) is 0 Å². The van der Waals surface area contributed by atoms with E-state index in [1.54, 1.807) is 0 Å². The molecule has 1 nitrogen and oxygen atoms in total. The summed E-state index contributed by atoms with van der Waals surface area (Å²) in [4.78, 5) is 3.33. The van der Waals surface area contributed by atoms with Crippen LogP contribution in [0.15, 0.2) is 29.2 Å². The molecule has 0 saturated carbocycles. The lowest BCUT2D eigenvalue weighted by atomic mass is 10.2. The van der Waals surface area contributed by atoms with E-state index in [-0.39, 0.29) is 0 Å². The summed E-state index contributed by atoms with van der Waals surface area (Å²) in [7, 11) is 0. The molecule has 0 N–H and O–H groups in total. The Morgan fingerprint density at radius 1 is 1.00 bits per heavy atom. The average molecular weight is 208 g/mol. The van der Waals surface area contributed by atoms with E-state index in [0.717, 1.165) is 18.0 Å². The Morgan fingerprint density at radius 3 is 1.93 bits per heavy atom. The second-order valence-corrected chi connectivity index (χ2v) is 3.95. The van der Waals surface area contributed by atoms with E-state index in [9.17, 15) is 0 Å². The highest BCUT2D eigenvalue weighted by molar-refractivity contribution is 7.80.